The Morgan fingerprint density at radius 1 is 1.23 bits per heavy atom. The Balaban J connectivity index is 1.52. The molecule has 0 aromatic rings. The van der Waals surface area contributed by atoms with Crippen LogP contribution in [-0.2, 0) is 19.2 Å². The van der Waals surface area contributed by atoms with Gasteiger partial charge in [-0.2, -0.15) is 0 Å². The third-order valence-electron chi connectivity index (χ3n) is 8.62. The van der Waals surface area contributed by atoms with Gasteiger partial charge < -0.3 is 26.4 Å². The maximum Gasteiger partial charge on any atom is 0.243 e. The van der Waals surface area contributed by atoms with Crippen LogP contribution in [0.4, 0.5) is 0 Å². The van der Waals surface area contributed by atoms with E-state index in [1.54, 1.807) is 4.90 Å². The molecular weight excluding hydrogens is 450 g/mol. The van der Waals surface area contributed by atoms with Gasteiger partial charge in [-0.05, 0) is 54.3 Å². The molecular formula is C25H41N5O5. The number of carbonyl (C=O) groups excluding carboxylic acids is 4. The van der Waals surface area contributed by atoms with E-state index in [1.165, 1.54) is 0 Å². The highest BCUT2D eigenvalue weighted by Crippen LogP contribution is 2.65. The lowest BCUT2D eigenvalue weighted by Gasteiger charge is -2.39. The van der Waals surface area contributed by atoms with Gasteiger partial charge in [0.2, 0.25) is 23.6 Å². The van der Waals surface area contributed by atoms with Gasteiger partial charge in [0.25, 0.3) is 0 Å². The summed E-state index contributed by atoms with van der Waals surface area (Å²) in [5.74, 6) is -1.52. The second-order valence-electron chi connectivity index (χ2n) is 12.6. The molecule has 2 aliphatic heterocycles. The largest absolute Gasteiger partial charge is 0.378 e. The fraction of sp³-hybridized carbons (Fsp3) is 0.840. The van der Waals surface area contributed by atoms with E-state index in [0.717, 1.165) is 12.8 Å². The number of likely N-dealkylation sites (tertiary alicyclic amines) is 1. The third kappa shape index (κ3) is 5.05. The van der Waals surface area contributed by atoms with E-state index in [1.807, 2.05) is 20.8 Å². The van der Waals surface area contributed by atoms with Crippen molar-refractivity contribution < 1.29 is 24.3 Å². The topological polar surface area (TPSA) is 154 Å². The number of aliphatic hydroxyl groups excluding tert-OH is 1. The number of nitrogens with two attached hydrogens (primary N) is 1. The van der Waals surface area contributed by atoms with E-state index in [0.29, 0.717) is 19.5 Å². The summed E-state index contributed by atoms with van der Waals surface area (Å²) in [7, 11) is 0. The van der Waals surface area contributed by atoms with Crippen molar-refractivity contribution in [3.63, 3.8) is 0 Å². The van der Waals surface area contributed by atoms with E-state index in [-0.39, 0.29) is 47.3 Å². The van der Waals surface area contributed by atoms with Crippen molar-refractivity contribution >= 4 is 23.6 Å². The van der Waals surface area contributed by atoms with Gasteiger partial charge in [0.05, 0.1) is 6.04 Å². The standard InChI is InChI=1S/C25H41N5O5/c1-24(2,3)18(29-21(33)12-6-7-12)23(35)30-11-14-16(25(14,4)5)17(30)22(34)28-15(19(26)31)10-13-8-9-27-20(13)32/h12-18,21,29,33H,6-11H2,1-5H3,(H2,26,31)(H,27,32)(H,28,34)/t13-,14-,15-,16-,17-,18+,21?/m0/s1. The highest BCUT2D eigenvalue weighted by molar-refractivity contribution is 5.94. The highest BCUT2D eigenvalue weighted by atomic mass is 16.3. The molecule has 0 bridgehead atoms. The molecule has 0 aromatic heterocycles. The number of carbonyl (C=O) groups is 4. The molecule has 7 atom stereocenters. The molecule has 2 saturated heterocycles. The monoisotopic (exact) mass is 491 g/mol. The Labute approximate surface area is 207 Å². The summed E-state index contributed by atoms with van der Waals surface area (Å²) in [6.45, 7) is 11.0. The first-order valence-corrected chi connectivity index (χ1v) is 12.9. The molecule has 0 aromatic carbocycles. The lowest BCUT2D eigenvalue weighted by atomic mass is 9.85. The van der Waals surface area contributed by atoms with Crippen molar-refractivity contribution in [1.82, 2.24) is 20.9 Å². The molecule has 10 nitrogen and oxygen atoms in total. The van der Waals surface area contributed by atoms with Gasteiger partial charge in [0.1, 0.15) is 18.3 Å². The van der Waals surface area contributed by atoms with Gasteiger partial charge in [-0.15, -0.1) is 0 Å². The number of fused-ring (bicyclic) bond motifs is 1. The number of hydrogen-bond donors (Lipinski definition) is 5. The van der Waals surface area contributed by atoms with Crippen molar-refractivity contribution in [3.8, 4) is 0 Å². The van der Waals surface area contributed by atoms with Crippen LogP contribution in [0.2, 0.25) is 0 Å². The Kier molecular flexibility index (Phi) is 6.68. The smallest absolute Gasteiger partial charge is 0.243 e. The number of hydrogen-bond acceptors (Lipinski definition) is 6. The number of piperidine rings is 1. The summed E-state index contributed by atoms with van der Waals surface area (Å²) in [5.41, 5.74) is 5.01. The maximum atomic E-state index is 13.8. The van der Waals surface area contributed by atoms with Crippen LogP contribution in [0.3, 0.4) is 0 Å². The first-order chi connectivity index (χ1) is 16.2. The van der Waals surface area contributed by atoms with Gasteiger partial charge in [-0.3, -0.25) is 24.5 Å². The second-order valence-corrected chi connectivity index (χ2v) is 12.6. The number of nitrogens with zero attached hydrogens (tertiary/aromatic N) is 1. The van der Waals surface area contributed by atoms with E-state index < -0.39 is 41.6 Å². The van der Waals surface area contributed by atoms with Gasteiger partial charge in [0, 0.05) is 19.0 Å². The lowest BCUT2D eigenvalue weighted by molar-refractivity contribution is -0.145. The zero-order valence-electron chi connectivity index (χ0n) is 21.5. The first-order valence-electron chi connectivity index (χ1n) is 12.9. The van der Waals surface area contributed by atoms with Gasteiger partial charge in [0.15, 0.2) is 0 Å². The summed E-state index contributed by atoms with van der Waals surface area (Å²) in [6, 6.07) is -2.38. The van der Waals surface area contributed by atoms with Crippen LogP contribution in [-0.4, -0.2) is 71.1 Å². The predicted octanol–water partition coefficient (Wildman–Crippen LogP) is -0.302. The second kappa shape index (κ2) is 9.03. The van der Waals surface area contributed by atoms with Crippen molar-refractivity contribution in [2.75, 3.05) is 13.1 Å². The van der Waals surface area contributed by atoms with E-state index in [2.05, 4.69) is 29.8 Å². The van der Waals surface area contributed by atoms with Crippen LogP contribution in [0.25, 0.3) is 0 Å². The van der Waals surface area contributed by atoms with Crippen molar-refractivity contribution in [2.24, 2.45) is 40.2 Å². The SMILES string of the molecule is CC(C)(C)[C@H](NC(O)C1CC1)C(=O)N1C[C@H]2[C@@H]([C@H]1C(=O)N[C@@H](C[C@@H]1CCNC1=O)C(N)=O)C2(C)C. The molecule has 4 amide bonds. The zero-order chi connectivity index (χ0) is 25.9. The molecule has 196 valence electrons. The minimum absolute atomic E-state index is 0.0243. The molecule has 2 saturated carbocycles. The zero-order valence-corrected chi connectivity index (χ0v) is 21.5. The van der Waals surface area contributed by atoms with Crippen molar-refractivity contribution in [2.45, 2.75) is 84.7 Å². The number of amides is 4. The Hall–Kier alpha value is -2.20. The quantitative estimate of drug-likeness (QED) is 0.279. The summed E-state index contributed by atoms with van der Waals surface area (Å²) >= 11 is 0. The number of aliphatic hydroxyl groups is 1. The van der Waals surface area contributed by atoms with E-state index in [4.69, 9.17) is 5.73 Å². The molecule has 0 radical (unpaired) electrons. The van der Waals surface area contributed by atoms with Gasteiger partial charge >= 0.3 is 0 Å². The van der Waals surface area contributed by atoms with Crippen molar-refractivity contribution in [1.29, 1.82) is 0 Å². The van der Waals surface area contributed by atoms with Gasteiger partial charge in [-0.25, -0.2) is 0 Å². The van der Waals surface area contributed by atoms with Crippen molar-refractivity contribution in [3.05, 3.63) is 0 Å². The Morgan fingerprint density at radius 3 is 2.40 bits per heavy atom. The van der Waals surface area contributed by atoms with Crippen LogP contribution < -0.4 is 21.7 Å². The number of nitrogens with one attached hydrogen (secondary N) is 3. The molecule has 4 aliphatic rings. The van der Waals surface area contributed by atoms with E-state index in [9.17, 15) is 24.3 Å². The molecule has 4 rings (SSSR count). The molecule has 2 heterocycles. The van der Waals surface area contributed by atoms with Crippen LogP contribution >= 0.6 is 0 Å². The molecule has 1 unspecified atom stereocenters. The summed E-state index contributed by atoms with van der Waals surface area (Å²) in [6.07, 6.45) is 1.83. The van der Waals surface area contributed by atoms with Gasteiger partial charge in [-0.1, -0.05) is 34.6 Å². The first kappa shape index (κ1) is 25.9. The minimum Gasteiger partial charge on any atom is -0.378 e. The normalized spacial score (nSPS) is 31.8. The molecule has 2 aliphatic carbocycles. The Bertz CT molecular complexity index is 895. The molecule has 6 N–H and O–H groups in total. The maximum absolute atomic E-state index is 13.8. The molecule has 4 fully saturated rings. The fourth-order valence-electron chi connectivity index (χ4n) is 6.05. The third-order valence-corrected chi connectivity index (χ3v) is 8.62. The lowest BCUT2D eigenvalue weighted by Crippen LogP contribution is -2.61. The summed E-state index contributed by atoms with van der Waals surface area (Å²) in [4.78, 5) is 53.2. The number of rotatable bonds is 9. The average molecular weight is 492 g/mol. The molecule has 10 heteroatoms. The summed E-state index contributed by atoms with van der Waals surface area (Å²) < 4.78 is 0. The minimum atomic E-state index is -0.984. The highest BCUT2D eigenvalue weighted by Gasteiger charge is 2.69. The van der Waals surface area contributed by atoms with Crippen LogP contribution in [0.1, 0.15) is 60.3 Å². The number of primary amides is 1. The van der Waals surface area contributed by atoms with Crippen LogP contribution in [0.5, 0.6) is 0 Å². The fourth-order valence-corrected chi connectivity index (χ4v) is 6.05. The summed E-state index contributed by atoms with van der Waals surface area (Å²) in [5, 5.41) is 19.2. The van der Waals surface area contributed by atoms with Crippen LogP contribution in [0, 0.1) is 34.5 Å². The Morgan fingerprint density at radius 2 is 1.89 bits per heavy atom. The average Bonchev–Trinajstić information content (AvgIpc) is 3.57. The van der Waals surface area contributed by atoms with Crippen LogP contribution in [0.15, 0.2) is 0 Å². The molecule has 0 spiro atoms. The van der Waals surface area contributed by atoms with E-state index >= 15 is 0 Å². The molecule has 35 heavy (non-hydrogen) atoms. The predicted molar refractivity (Wildman–Crippen MR) is 128 cm³/mol.